The molecule has 1 unspecified atom stereocenters. The lowest BCUT2D eigenvalue weighted by atomic mass is 10.1. The van der Waals surface area contributed by atoms with Crippen molar-refractivity contribution >= 4 is 17.6 Å². The number of nitrogens with zero attached hydrogens (tertiary/aromatic N) is 1. The Morgan fingerprint density at radius 2 is 2.24 bits per heavy atom. The number of aliphatic carboxylic acids is 1. The van der Waals surface area contributed by atoms with E-state index in [1.54, 1.807) is 0 Å². The number of carbonyl (C=O) groups is 2. The molecular weight excluding hydrogens is 224 g/mol. The van der Waals surface area contributed by atoms with E-state index in [1.807, 2.05) is 0 Å². The van der Waals surface area contributed by atoms with Crippen LogP contribution in [0.25, 0.3) is 0 Å². The van der Waals surface area contributed by atoms with E-state index in [0.717, 1.165) is 18.8 Å². The summed E-state index contributed by atoms with van der Waals surface area (Å²) >= 11 is 0. The van der Waals surface area contributed by atoms with Crippen molar-refractivity contribution in [3.63, 3.8) is 0 Å². The largest absolute Gasteiger partial charge is 0.477 e. The van der Waals surface area contributed by atoms with Crippen LogP contribution in [-0.4, -0.2) is 35.3 Å². The van der Waals surface area contributed by atoms with Crippen LogP contribution in [0.5, 0.6) is 0 Å². The summed E-state index contributed by atoms with van der Waals surface area (Å²) in [6.07, 6.45) is 4.02. The molecule has 0 aromatic carbocycles. The number of rotatable bonds is 6. The van der Waals surface area contributed by atoms with Crippen LogP contribution >= 0.6 is 0 Å². The topological polar surface area (TPSA) is 88.0 Å². The normalized spacial score (nSPS) is 22.8. The smallest absolute Gasteiger partial charge is 0.353 e. The molecule has 6 heteroatoms. The summed E-state index contributed by atoms with van der Waals surface area (Å²) in [5.74, 6) is -0.550. The van der Waals surface area contributed by atoms with Gasteiger partial charge < -0.3 is 15.3 Å². The molecule has 1 aliphatic carbocycles. The predicted octanol–water partition coefficient (Wildman–Crippen LogP) is 0.522. The van der Waals surface area contributed by atoms with E-state index in [0.29, 0.717) is 6.54 Å². The van der Waals surface area contributed by atoms with Gasteiger partial charge in [0, 0.05) is 13.0 Å². The van der Waals surface area contributed by atoms with Crippen LogP contribution in [0, 0.1) is 5.92 Å². The third-order valence-corrected chi connectivity index (χ3v) is 2.99. The molecule has 0 spiro atoms. The molecule has 1 amide bonds. The Balaban J connectivity index is 1.62. The molecule has 1 atom stereocenters. The average molecular weight is 240 g/mol. The summed E-state index contributed by atoms with van der Waals surface area (Å²) in [6.45, 7) is 0.623. The van der Waals surface area contributed by atoms with Gasteiger partial charge in [-0.1, -0.05) is 18.0 Å². The Morgan fingerprint density at radius 1 is 1.47 bits per heavy atom. The van der Waals surface area contributed by atoms with Gasteiger partial charge >= 0.3 is 5.97 Å². The van der Waals surface area contributed by atoms with Gasteiger partial charge in [0.1, 0.15) is 0 Å². The van der Waals surface area contributed by atoms with Gasteiger partial charge in [-0.25, -0.2) is 4.79 Å². The van der Waals surface area contributed by atoms with Gasteiger partial charge in [0.15, 0.2) is 5.71 Å². The van der Waals surface area contributed by atoms with Crippen molar-refractivity contribution in [1.29, 1.82) is 0 Å². The van der Waals surface area contributed by atoms with Crippen LogP contribution in [-0.2, 0) is 14.4 Å². The van der Waals surface area contributed by atoms with E-state index in [2.05, 4.69) is 10.5 Å². The van der Waals surface area contributed by atoms with Crippen molar-refractivity contribution in [3.8, 4) is 0 Å². The second-order valence-electron chi connectivity index (χ2n) is 4.52. The number of hydrogen-bond donors (Lipinski definition) is 2. The number of carboxylic acid groups (broad SMARTS) is 1. The van der Waals surface area contributed by atoms with Crippen molar-refractivity contribution in [2.24, 2.45) is 11.1 Å². The van der Waals surface area contributed by atoms with Crippen molar-refractivity contribution < 1.29 is 19.5 Å². The molecule has 0 radical (unpaired) electrons. The van der Waals surface area contributed by atoms with E-state index in [1.165, 1.54) is 12.8 Å². The first-order valence-electron chi connectivity index (χ1n) is 5.90. The zero-order valence-corrected chi connectivity index (χ0v) is 9.52. The van der Waals surface area contributed by atoms with Gasteiger partial charge in [-0.2, -0.15) is 0 Å². The maximum absolute atomic E-state index is 11.6. The molecule has 1 heterocycles. The molecule has 6 nitrogen and oxygen atoms in total. The van der Waals surface area contributed by atoms with Crippen LogP contribution < -0.4 is 5.32 Å². The number of amides is 1. The molecular formula is C11H16N2O4. The monoisotopic (exact) mass is 240 g/mol. The third kappa shape index (κ3) is 3.44. The van der Waals surface area contributed by atoms with Crippen LogP contribution in [0.2, 0.25) is 0 Å². The number of carbonyl (C=O) groups excluding carboxylic acids is 1. The molecule has 1 saturated carbocycles. The Morgan fingerprint density at radius 3 is 2.82 bits per heavy atom. The fraction of sp³-hybridized carbons (Fsp3) is 0.727. The van der Waals surface area contributed by atoms with Gasteiger partial charge in [0.2, 0.25) is 6.10 Å². The number of hydrogen-bond acceptors (Lipinski definition) is 4. The van der Waals surface area contributed by atoms with Crippen LogP contribution in [0.1, 0.15) is 32.1 Å². The molecule has 1 aliphatic heterocycles. The summed E-state index contributed by atoms with van der Waals surface area (Å²) in [6, 6.07) is 0. The summed E-state index contributed by atoms with van der Waals surface area (Å²) < 4.78 is 0. The first-order valence-corrected chi connectivity index (χ1v) is 5.90. The SMILES string of the molecule is O=C(O)C1=NOC(C(=O)NCCCC2CC2)C1. The van der Waals surface area contributed by atoms with Crippen molar-refractivity contribution in [1.82, 2.24) is 5.32 Å². The standard InChI is InChI=1S/C11H16N2O4/c14-10(12-5-1-2-7-3-4-7)9-6-8(11(15)16)13-17-9/h7,9H,1-6H2,(H,12,14)(H,15,16). The highest BCUT2D eigenvalue weighted by Gasteiger charge is 2.31. The Bertz CT molecular complexity index is 349. The van der Waals surface area contributed by atoms with E-state index >= 15 is 0 Å². The lowest BCUT2D eigenvalue weighted by Gasteiger charge is -2.08. The van der Waals surface area contributed by atoms with Gasteiger partial charge in [-0.05, 0) is 18.8 Å². The molecule has 94 valence electrons. The second kappa shape index (κ2) is 5.16. The van der Waals surface area contributed by atoms with Crippen LogP contribution in [0.15, 0.2) is 5.16 Å². The highest BCUT2D eigenvalue weighted by atomic mass is 16.6. The van der Waals surface area contributed by atoms with Gasteiger partial charge in [0.25, 0.3) is 5.91 Å². The summed E-state index contributed by atoms with van der Waals surface area (Å²) in [5, 5.41) is 14.7. The molecule has 2 rings (SSSR count). The van der Waals surface area contributed by atoms with E-state index in [-0.39, 0.29) is 18.0 Å². The summed E-state index contributed by atoms with van der Waals surface area (Å²) in [7, 11) is 0. The van der Waals surface area contributed by atoms with Crippen molar-refractivity contribution in [2.75, 3.05) is 6.54 Å². The Hall–Kier alpha value is -1.59. The van der Waals surface area contributed by atoms with Gasteiger partial charge in [-0.15, -0.1) is 0 Å². The molecule has 2 aliphatic rings. The van der Waals surface area contributed by atoms with E-state index < -0.39 is 12.1 Å². The molecule has 17 heavy (non-hydrogen) atoms. The minimum Gasteiger partial charge on any atom is -0.477 e. The third-order valence-electron chi connectivity index (χ3n) is 2.99. The quantitative estimate of drug-likeness (QED) is 0.662. The highest BCUT2D eigenvalue weighted by molar-refractivity contribution is 6.36. The summed E-state index contributed by atoms with van der Waals surface area (Å²) in [5.41, 5.74) is -0.0943. The molecule has 0 saturated heterocycles. The first kappa shape index (κ1) is 11.9. The lowest BCUT2D eigenvalue weighted by molar-refractivity contribution is -0.131. The molecule has 2 N–H and O–H groups in total. The van der Waals surface area contributed by atoms with E-state index in [9.17, 15) is 9.59 Å². The summed E-state index contributed by atoms with van der Waals surface area (Å²) in [4.78, 5) is 26.9. The van der Waals surface area contributed by atoms with Crippen molar-refractivity contribution in [3.05, 3.63) is 0 Å². The zero-order chi connectivity index (χ0) is 12.3. The number of nitrogens with one attached hydrogen (secondary N) is 1. The highest BCUT2D eigenvalue weighted by Crippen LogP contribution is 2.33. The van der Waals surface area contributed by atoms with Gasteiger partial charge in [0.05, 0.1) is 0 Å². The molecule has 0 bridgehead atoms. The maximum Gasteiger partial charge on any atom is 0.353 e. The van der Waals surface area contributed by atoms with Crippen LogP contribution in [0.3, 0.4) is 0 Å². The molecule has 0 aromatic rings. The Kier molecular flexibility index (Phi) is 3.61. The average Bonchev–Trinajstić information content (AvgIpc) is 2.97. The van der Waals surface area contributed by atoms with Gasteiger partial charge in [-0.3, -0.25) is 4.79 Å². The van der Waals surface area contributed by atoms with Crippen molar-refractivity contribution in [2.45, 2.75) is 38.2 Å². The molecule has 1 fully saturated rings. The number of oxime groups is 1. The first-order chi connectivity index (χ1) is 8.16. The van der Waals surface area contributed by atoms with E-state index in [4.69, 9.17) is 9.94 Å². The lowest BCUT2D eigenvalue weighted by Crippen LogP contribution is -2.35. The predicted molar refractivity (Wildman–Crippen MR) is 59.5 cm³/mol. The zero-order valence-electron chi connectivity index (χ0n) is 9.52. The molecule has 0 aromatic heterocycles. The minimum atomic E-state index is -1.13. The van der Waals surface area contributed by atoms with Crippen LogP contribution in [0.4, 0.5) is 0 Å². The number of carboxylic acids is 1. The fourth-order valence-electron chi connectivity index (χ4n) is 1.77. The fourth-order valence-corrected chi connectivity index (χ4v) is 1.77. The second-order valence-corrected chi connectivity index (χ2v) is 4.52. The Labute approximate surface area is 99.0 Å². The maximum atomic E-state index is 11.6. The minimum absolute atomic E-state index is 0.0454.